The number of ketones is 1. The summed E-state index contributed by atoms with van der Waals surface area (Å²) in [6, 6.07) is 0. The molecule has 0 radical (unpaired) electrons. The Balaban J connectivity index is 1.93. The highest BCUT2D eigenvalue weighted by molar-refractivity contribution is 5.83. The van der Waals surface area contributed by atoms with E-state index in [4.69, 9.17) is 0 Å². The molecule has 0 aliphatic heterocycles. The topological polar surface area (TPSA) is 37.3 Å². The average Bonchev–Trinajstić information content (AvgIpc) is 2.66. The van der Waals surface area contributed by atoms with Crippen LogP contribution in [0.3, 0.4) is 0 Å². The zero-order chi connectivity index (χ0) is 15.0. The summed E-state index contributed by atoms with van der Waals surface area (Å²) in [4.78, 5) is 12.2. The Bertz CT molecular complexity index is 355. The van der Waals surface area contributed by atoms with Crippen molar-refractivity contribution in [2.24, 2.45) is 23.2 Å². The fourth-order valence-electron chi connectivity index (χ4n) is 4.96. The highest BCUT2D eigenvalue weighted by atomic mass is 16.3. The van der Waals surface area contributed by atoms with E-state index >= 15 is 0 Å². The van der Waals surface area contributed by atoms with Gasteiger partial charge < -0.3 is 5.11 Å². The number of carbonyl (C=O) groups is 1. The highest BCUT2D eigenvalue weighted by Gasteiger charge is 2.52. The minimum Gasteiger partial charge on any atom is -0.390 e. The zero-order valence-corrected chi connectivity index (χ0v) is 13.7. The van der Waals surface area contributed by atoms with Gasteiger partial charge in [0, 0.05) is 12.3 Å². The van der Waals surface area contributed by atoms with Crippen molar-refractivity contribution in [1.29, 1.82) is 0 Å². The number of rotatable bonds is 5. The van der Waals surface area contributed by atoms with Crippen molar-refractivity contribution in [1.82, 2.24) is 0 Å². The van der Waals surface area contributed by atoms with E-state index in [9.17, 15) is 9.90 Å². The Kier molecular flexibility index (Phi) is 4.63. The van der Waals surface area contributed by atoms with E-state index in [1.54, 1.807) is 0 Å². The van der Waals surface area contributed by atoms with Crippen LogP contribution >= 0.6 is 0 Å². The van der Waals surface area contributed by atoms with Gasteiger partial charge in [-0.1, -0.05) is 26.7 Å². The Morgan fingerprint density at radius 1 is 1.40 bits per heavy atom. The van der Waals surface area contributed by atoms with Crippen molar-refractivity contribution < 1.29 is 9.90 Å². The van der Waals surface area contributed by atoms with E-state index in [1.165, 1.54) is 19.3 Å². The molecule has 2 aliphatic carbocycles. The molecule has 1 N–H and O–H groups in total. The van der Waals surface area contributed by atoms with Crippen LogP contribution in [0.5, 0.6) is 0 Å². The van der Waals surface area contributed by atoms with Gasteiger partial charge in [-0.05, 0) is 63.2 Å². The van der Waals surface area contributed by atoms with Crippen LogP contribution in [0.2, 0.25) is 0 Å². The molecule has 116 valence electrons. The Labute approximate surface area is 124 Å². The second-order valence-electron chi connectivity index (χ2n) is 8.24. The van der Waals surface area contributed by atoms with Crippen LogP contribution in [0.1, 0.15) is 79.1 Å². The first-order chi connectivity index (χ1) is 9.24. The van der Waals surface area contributed by atoms with Crippen molar-refractivity contribution in [3.8, 4) is 0 Å². The molecule has 0 heterocycles. The minimum absolute atomic E-state index is 0.267. The summed E-state index contributed by atoms with van der Waals surface area (Å²) in [5, 5.41) is 9.82. The molecule has 0 unspecified atom stereocenters. The van der Waals surface area contributed by atoms with Gasteiger partial charge in [0.15, 0.2) is 0 Å². The lowest BCUT2D eigenvalue weighted by molar-refractivity contribution is -0.130. The third-order valence-electron chi connectivity index (χ3n) is 6.07. The van der Waals surface area contributed by atoms with Gasteiger partial charge in [-0.3, -0.25) is 4.79 Å². The average molecular weight is 281 g/mol. The SMILES string of the molecule is C[C@H](CCCC(C)(C)O)[C@H]1CC[C@H]2C(=O)[13CH2]CC[C@]12C. The summed E-state index contributed by atoms with van der Waals surface area (Å²) in [6.07, 6.45) is 8.67. The largest absolute Gasteiger partial charge is 0.390 e. The van der Waals surface area contributed by atoms with Crippen LogP contribution < -0.4 is 0 Å². The molecule has 0 saturated heterocycles. The third kappa shape index (κ3) is 3.27. The lowest BCUT2D eigenvalue weighted by atomic mass is 9.64. The van der Waals surface area contributed by atoms with Crippen LogP contribution in [0.25, 0.3) is 0 Å². The maximum Gasteiger partial charge on any atom is 0.136 e. The molecule has 0 aromatic heterocycles. The fraction of sp³-hybridized carbons (Fsp3) is 0.944. The minimum atomic E-state index is -0.539. The summed E-state index contributed by atoms with van der Waals surface area (Å²) in [5.74, 6) is 2.26. The Hall–Kier alpha value is -0.370. The molecule has 2 rings (SSSR count). The molecule has 2 saturated carbocycles. The van der Waals surface area contributed by atoms with Gasteiger partial charge in [0.25, 0.3) is 0 Å². The molecule has 2 aliphatic rings. The van der Waals surface area contributed by atoms with E-state index in [0.29, 0.717) is 23.5 Å². The van der Waals surface area contributed by atoms with Crippen LogP contribution in [-0.2, 0) is 4.79 Å². The van der Waals surface area contributed by atoms with Gasteiger partial charge >= 0.3 is 0 Å². The fourth-order valence-corrected chi connectivity index (χ4v) is 4.96. The molecule has 2 heteroatoms. The smallest absolute Gasteiger partial charge is 0.136 e. The first-order valence-corrected chi connectivity index (χ1v) is 8.49. The normalized spacial score (nSPS) is 36.0. The predicted molar refractivity (Wildman–Crippen MR) is 82.5 cm³/mol. The van der Waals surface area contributed by atoms with Gasteiger partial charge in [-0.2, -0.15) is 0 Å². The van der Waals surface area contributed by atoms with Crippen molar-refractivity contribution in [3.63, 3.8) is 0 Å². The van der Waals surface area contributed by atoms with Gasteiger partial charge in [0.2, 0.25) is 0 Å². The van der Waals surface area contributed by atoms with Gasteiger partial charge in [-0.15, -0.1) is 0 Å². The van der Waals surface area contributed by atoms with Gasteiger partial charge in [0.1, 0.15) is 5.78 Å². The van der Waals surface area contributed by atoms with E-state index in [-0.39, 0.29) is 5.41 Å². The van der Waals surface area contributed by atoms with Crippen LogP contribution in [0, 0.1) is 23.2 Å². The predicted octanol–water partition coefficient (Wildman–Crippen LogP) is 4.35. The Morgan fingerprint density at radius 2 is 2.10 bits per heavy atom. The zero-order valence-electron chi connectivity index (χ0n) is 13.7. The van der Waals surface area contributed by atoms with Crippen molar-refractivity contribution in [2.75, 3.05) is 0 Å². The van der Waals surface area contributed by atoms with Crippen LogP contribution in [0.4, 0.5) is 0 Å². The summed E-state index contributed by atoms with van der Waals surface area (Å²) in [5.41, 5.74) is -0.272. The monoisotopic (exact) mass is 281 g/mol. The Morgan fingerprint density at radius 3 is 2.75 bits per heavy atom. The molecule has 20 heavy (non-hydrogen) atoms. The summed E-state index contributed by atoms with van der Waals surface area (Å²) in [7, 11) is 0. The number of aliphatic hydroxyl groups is 1. The molecule has 0 amide bonds. The van der Waals surface area contributed by atoms with Gasteiger partial charge in [-0.25, -0.2) is 0 Å². The lowest BCUT2D eigenvalue weighted by Gasteiger charge is -2.42. The summed E-state index contributed by atoms with van der Waals surface area (Å²) in [6.45, 7) is 8.52. The second-order valence-corrected chi connectivity index (χ2v) is 8.24. The number of fused-ring (bicyclic) bond motifs is 1. The quantitative estimate of drug-likeness (QED) is 0.761. The van der Waals surface area contributed by atoms with Gasteiger partial charge in [0.05, 0.1) is 5.60 Å². The maximum atomic E-state index is 12.2. The summed E-state index contributed by atoms with van der Waals surface area (Å²) < 4.78 is 0. The standard InChI is InChI=1S/C18H32O2/c1-13(7-5-11-17(2,3)20)14-9-10-15-16(19)8-6-12-18(14,15)4/h13-15,20H,5-12H2,1-4H3/t13-,14-,15+,18-/m1/s1/i8+1. The molecule has 0 spiro atoms. The summed E-state index contributed by atoms with van der Waals surface area (Å²) >= 11 is 0. The molecule has 0 aromatic carbocycles. The number of hydrogen-bond donors (Lipinski definition) is 1. The van der Waals surface area contributed by atoms with Crippen molar-refractivity contribution in [2.45, 2.75) is 84.7 Å². The van der Waals surface area contributed by atoms with E-state index in [0.717, 1.165) is 32.1 Å². The molecule has 4 atom stereocenters. The highest BCUT2D eigenvalue weighted by Crippen LogP contribution is 2.57. The van der Waals surface area contributed by atoms with Crippen molar-refractivity contribution >= 4 is 5.78 Å². The molecular formula is C18H32O2. The van der Waals surface area contributed by atoms with E-state index < -0.39 is 5.60 Å². The third-order valence-corrected chi connectivity index (χ3v) is 6.07. The van der Waals surface area contributed by atoms with E-state index in [2.05, 4.69) is 13.8 Å². The van der Waals surface area contributed by atoms with Crippen molar-refractivity contribution in [3.05, 3.63) is 0 Å². The maximum absolute atomic E-state index is 12.2. The molecule has 2 fully saturated rings. The molecule has 2 nitrogen and oxygen atoms in total. The van der Waals surface area contributed by atoms with Crippen LogP contribution in [0.15, 0.2) is 0 Å². The number of carbonyl (C=O) groups excluding carboxylic acids is 1. The first kappa shape index (κ1) is 16.0. The number of hydrogen-bond acceptors (Lipinski definition) is 2. The number of Topliss-reactive ketones (excluding diaryl/α,β-unsaturated/α-hetero) is 1. The first-order valence-electron chi connectivity index (χ1n) is 8.49. The molecule has 0 aromatic rings. The van der Waals surface area contributed by atoms with E-state index in [1.807, 2.05) is 13.8 Å². The van der Waals surface area contributed by atoms with Crippen LogP contribution in [-0.4, -0.2) is 16.5 Å². The lowest BCUT2D eigenvalue weighted by Crippen LogP contribution is -2.39. The second kappa shape index (κ2) is 5.79. The molecule has 0 bridgehead atoms. The molecular weight excluding hydrogens is 249 g/mol.